The fraction of sp³-hybridized carbons (Fsp3) is 0.304. The first kappa shape index (κ1) is 20.9. The quantitative estimate of drug-likeness (QED) is 0.694. The largest absolute Gasteiger partial charge is 0.480 e. The highest BCUT2D eigenvalue weighted by atomic mass is 35.5. The number of carboxylic acids is 1. The number of carboxylic acid groups (broad SMARTS) is 1. The smallest absolute Gasteiger partial charge is 0.322 e. The molecule has 29 heavy (non-hydrogen) atoms. The summed E-state index contributed by atoms with van der Waals surface area (Å²) in [6, 6.07) is 15.4. The minimum absolute atomic E-state index is 0.442. The molecule has 0 aromatic heterocycles. The van der Waals surface area contributed by atoms with E-state index in [0.717, 1.165) is 5.70 Å². The van der Waals surface area contributed by atoms with Crippen molar-refractivity contribution in [2.75, 3.05) is 11.9 Å². The molecule has 0 bridgehead atoms. The summed E-state index contributed by atoms with van der Waals surface area (Å²) < 4.78 is 0. The van der Waals surface area contributed by atoms with Crippen molar-refractivity contribution >= 4 is 29.2 Å². The van der Waals surface area contributed by atoms with Gasteiger partial charge in [0.05, 0.1) is 6.04 Å². The summed E-state index contributed by atoms with van der Waals surface area (Å²) in [6.07, 6.45) is 1.85. The van der Waals surface area contributed by atoms with Crippen LogP contribution in [0.3, 0.4) is 0 Å². The van der Waals surface area contributed by atoms with Gasteiger partial charge in [0.1, 0.15) is 0 Å². The van der Waals surface area contributed by atoms with Crippen LogP contribution in [0.4, 0.5) is 5.69 Å². The minimum atomic E-state index is -1.75. The van der Waals surface area contributed by atoms with Gasteiger partial charge in [-0.15, -0.1) is 0 Å². The second-order valence-corrected chi connectivity index (χ2v) is 7.67. The van der Waals surface area contributed by atoms with Crippen LogP contribution in [0.1, 0.15) is 32.3 Å². The lowest BCUT2D eigenvalue weighted by atomic mass is 9.64. The summed E-state index contributed by atoms with van der Waals surface area (Å²) in [5, 5.41) is 13.7. The Balaban J connectivity index is 2.22. The fourth-order valence-corrected chi connectivity index (χ4v) is 4.61. The number of aliphatic carboxylic acids is 1. The van der Waals surface area contributed by atoms with Gasteiger partial charge in [0, 0.05) is 28.9 Å². The van der Waals surface area contributed by atoms with Gasteiger partial charge in [-0.1, -0.05) is 54.1 Å². The zero-order valence-electron chi connectivity index (χ0n) is 16.7. The van der Waals surface area contributed by atoms with Crippen molar-refractivity contribution in [3.8, 4) is 0 Å². The lowest BCUT2D eigenvalue weighted by molar-refractivity contribution is -0.160. The first-order chi connectivity index (χ1) is 13.8. The van der Waals surface area contributed by atoms with Crippen molar-refractivity contribution in [1.82, 2.24) is 4.90 Å². The summed E-state index contributed by atoms with van der Waals surface area (Å²) in [5.74, 6) is -2.45. The fourth-order valence-electron chi connectivity index (χ4n) is 4.36. The Morgan fingerprint density at radius 3 is 2.34 bits per heavy atom. The number of nitrogens with one attached hydrogen (secondary N) is 1. The number of allylic oxidation sites excluding steroid dienone is 2. The van der Waals surface area contributed by atoms with Crippen LogP contribution < -0.4 is 5.32 Å². The predicted octanol–water partition coefficient (Wildman–Crippen LogP) is 4.76. The van der Waals surface area contributed by atoms with E-state index in [1.807, 2.05) is 37.0 Å². The molecule has 0 aliphatic carbocycles. The van der Waals surface area contributed by atoms with E-state index < -0.39 is 29.3 Å². The monoisotopic (exact) mass is 412 g/mol. The molecule has 1 aliphatic heterocycles. The van der Waals surface area contributed by atoms with Crippen LogP contribution >= 0.6 is 11.6 Å². The Hall–Kier alpha value is -2.79. The number of carbonyl (C=O) groups is 2. The Labute approximate surface area is 176 Å². The molecule has 2 aromatic carbocycles. The maximum absolute atomic E-state index is 13.6. The number of hydrogen-bond donors (Lipinski definition) is 2. The molecule has 152 valence electrons. The maximum atomic E-state index is 13.6. The maximum Gasteiger partial charge on any atom is 0.322 e. The lowest BCUT2D eigenvalue weighted by Gasteiger charge is -2.49. The molecule has 0 fully saturated rings. The standard InChI is InChI=1S/C23H25ClN2O3/c1-4-26-15(2)14-19(18-12-8-9-13-20(18)24)23(16(26)3,22(28)29)21(27)25-17-10-6-5-7-11-17/h5-14,16,19H,4H2,1-3H3,(H,25,27)(H,28,29). The van der Waals surface area contributed by atoms with E-state index in [-0.39, 0.29) is 0 Å². The van der Waals surface area contributed by atoms with Gasteiger partial charge in [0.25, 0.3) is 0 Å². The van der Waals surface area contributed by atoms with Gasteiger partial charge in [-0.25, -0.2) is 0 Å². The number of benzene rings is 2. The number of nitrogens with zero attached hydrogens (tertiary/aromatic N) is 1. The summed E-state index contributed by atoms with van der Waals surface area (Å²) in [6.45, 7) is 6.27. The Morgan fingerprint density at radius 2 is 1.76 bits per heavy atom. The molecule has 0 saturated heterocycles. The molecule has 3 atom stereocenters. The number of halogens is 1. The topological polar surface area (TPSA) is 69.6 Å². The van der Waals surface area contributed by atoms with Gasteiger partial charge in [-0.2, -0.15) is 0 Å². The highest BCUT2D eigenvalue weighted by Gasteiger charge is 2.60. The van der Waals surface area contributed by atoms with Crippen LogP contribution in [0.2, 0.25) is 5.02 Å². The number of rotatable bonds is 5. The third-order valence-corrected chi connectivity index (χ3v) is 6.16. The molecular formula is C23H25ClN2O3. The van der Waals surface area contributed by atoms with Crippen LogP contribution in [0, 0.1) is 5.41 Å². The van der Waals surface area contributed by atoms with Gasteiger partial charge in [-0.3, -0.25) is 9.59 Å². The van der Waals surface area contributed by atoms with Crippen LogP contribution in [0.15, 0.2) is 66.4 Å². The van der Waals surface area contributed by atoms with E-state index in [1.165, 1.54) is 0 Å². The molecule has 0 radical (unpaired) electrons. The molecule has 3 unspecified atom stereocenters. The summed E-state index contributed by atoms with van der Waals surface area (Å²) in [5.41, 5.74) is 0.352. The molecule has 5 nitrogen and oxygen atoms in total. The van der Waals surface area contributed by atoms with E-state index in [2.05, 4.69) is 5.32 Å². The van der Waals surface area contributed by atoms with E-state index in [1.54, 1.807) is 49.4 Å². The van der Waals surface area contributed by atoms with Gasteiger partial charge in [-0.05, 0) is 44.5 Å². The molecular weight excluding hydrogens is 388 g/mol. The van der Waals surface area contributed by atoms with Crippen molar-refractivity contribution in [1.29, 1.82) is 0 Å². The van der Waals surface area contributed by atoms with E-state index in [9.17, 15) is 14.7 Å². The van der Waals surface area contributed by atoms with E-state index in [4.69, 9.17) is 11.6 Å². The zero-order valence-corrected chi connectivity index (χ0v) is 17.5. The highest BCUT2D eigenvalue weighted by Crippen LogP contribution is 2.49. The third kappa shape index (κ3) is 3.51. The summed E-state index contributed by atoms with van der Waals surface area (Å²) in [7, 11) is 0. The molecule has 0 saturated carbocycles. The van der Waals surface area contributed by atoms with E-state index in [0.29, 0.717) is 22.8 Å². The van der Waals surface area contributed by atoms with Crippen molar-refractivity contribution in [2.24, 2.45) is 5.41 Å². The number of anilines is 1. The molecule has 2 N–H and O–H groups in total. The second kappa shape index (κ2) is 8.29. The molecule has 3 rings (SSSR count). The SMILES string of the molecule is CCN1C(C)=CC(c2ccccc2Cl)C(C(=O)O)(C(=O)Nc2ccccc2)C1C. The Kier molecular flexibility index (Phi) is 5.99. The molecule has 0 spiro atoms. The predicted molar refractivity (Wildman–Crippen MR) is 115 cm³/mol. The summed E-state index contributed by atoms with van der Waals surface area (Å²) >= 11 is 6.45. The molecule has 6 heteroatoms. The van der Waals surface area contributed by atoms with Crippen LogP contribution in [0.5, 0.6) is 0 Å². The highest BCUT2D eigenvalue weighted by molar-refractivity contribution is 6.31. The first-order valence-electron chi connectivity index (χ1n) is 9.63. The van der Waals surface area contributed by atoms with Gasteiger partial charge < -0.3 is 15.3 Å². The number of amides is 1. The van der Waals surface area contributed by atoms with Gasteiger partial charge in [0.2, 0.25) is 5.91 Å². The molecule has 1 heterocycles. The Morgan fingerprint density at radius 1 is 1.14 bits per heavy atom. The van der Waals surface area contributed by atoms with Crippen LogP contribution in [-0.4, -0.2) is 34.5 Å². The van der Waals surface area contributed by atoms with Crippen molar-refractivity contribution in [2.45, 2.75) is 32.7 Å². The number of carbonyl (C=O) groups excluding carboxylic acids is 1. The Bertz CT molecular complexity index is 944. The average molecular weight is 413 g/mol. The average Bonchev–Trinajstić information content (AvgIpc) is 2.69. The molecule has 1 aliphatic rings. The number of para-hydroxylation sites is 1. The normalized spacial score (nSPS) is 24.0. The van der Waals surface area contributed by atoms with E-state index >= 15 is 0 Å². The van der Waals surface area contributed by atoms with Gasteiger partial charge >= 0.3 is 5.97 Å². The van der Waals surface area contributed by atoms with Crippen LogP contribution in [-0.2, 0) is 9.59 Å². The molecule has 1 amide bonds. The minimum Gasteiger partial charge on any atom is -0.480 e. The van der Waals surface area contributed by atoms with Gasteiger partial charge in [0.15, 0.2) is 5.41 Å². The van der Waals surface area contributed by atoms with Crippen molar-refractivity contribution < 1.29 is 14.7 Å². The van der Waals surface area contributed by atoms with Crippen LogP contribution in [0.25, 0.3) is 0 Å². The molecule has 2 aromatic rings. The van der Waals surface area contributed by atoms with Crippen molar-refractivity contribution in [3.05, 3.63) is 77.0 Å². The van der Waals surface area contributed by atoms with Crippen molar-refractivity contribution in [3.63, 3.8) is 0 Å². The third-order valence-electron chi connectivity index (χ3n) is 5.82. The lowest BCUT2D eigenvalue weighted by Crippen LogP contribution is -2.61. The first-order valence-corrected chi connectivity index (χ1v) is 10.0. The second-order valence-electron chi connectivity index (χ2n) is 7.26. The number of hydrogen-bond acceptors (Lipinski definition) is 3. The summed E-state index contributed by atoms with van der Waals surface area (Å²) in [4.78, 5) is 28.4. The zero-order chi connectivity index (χ0) is 21.2.